The zero-order valence-electron chi connectivity index (χ0n) is 13.5. The summed E-state index contributed by atoms with van der Waals surface area (Å²) >= 11 is 1.74. The summed E-state index contributed by atoms with van der Waals surface area (Å²) < 4.78 is 5.84. The van der Waals surface area contributed by atoms with Gasteiger partial charge in [0.2, 0.25) is 0 Å². The summed E-state index contributed by atoms with van der Waals surface area (Å²) in [5.41, 5.74) is 3.37. The first kappa shape index (κ1) is 15.2. The molecule has 122 valence electrons. The summed E-state index contributed by atoms with van der Waals surface area (Å²) in [7, 11) is 0. The number of ether oxygens (including phenoxy) is 1. The van der Waals surface area contributed by atoms with Crippen molar-refractivity contribution in [2.24, 2.45) is 0 Å². The van der Waals surface area contributed by atoms with Crippen molar-refractivity contribution < 1.29 is 4.74 Å². The maximum absolute atomic E-state index is 5.84. The first-order chi connectivity index (χ1) is 11.9. The standard InChI is InChI=1S/C20H20N2OS/c1-2-6-16(7-3-1)14-23-18-10-8-17(9-11-18)19-15-24-20(21-19)22-12-4-5-13-22/h1-3,6-11,15H,4-5,12-14H2. The zero-order valence-corrected chi connectivity index (χ0v) is 14.3. The molecule has 1 aliphatic heterocycles. The molecule has 0 bridgehead atoms. The van der Waals surface area contributed by atoms with Gasteiger partial charge in [0.1, 0.15) is 12.4 Å². The monoisotopic (exact) mass is 336 g/mol. The number of anilines is 1. The van der Waals surface area contributed by atoms with Gasteiger partial charge in [-0.2, -0.15) is 0 Å². The van der Waals surface area contributed by atoms with E-state index in [0.717, 1.165) is 35.2 Å². The minimum Gasteiger partial charge on any atom is -0.489 e. The van der Waals surface area contributed by atoms with Crippen LogP contribution in [0.2, 0.25) is 0 Å². The number of benzene rings is 2. The van der Waals surface area contributed by atoms with Crippen molar-refractivity contribution in [3.8, 4) is 17.0 Å². The number of aromatic nitrogens is 1. The molecule has 0 radical (unpaired) electrons. The highest BCUT2D eigenvalue weighted by Crippen LogP contribution is 2.30. The van der Waals surface area contributed by atoms with Gasteiger partial charge in [0.05, 0.1) is 5.69 Å². The third kappa shape index (κ3) is 3.44. The average Bonchev–Trinajstić information content (AvgIpc) is 3.33. The molecule has 1 aromatic heterocycles. The van der Waals surface area contributed by atoms with Crippen LogP contribution in [0, 0.1) is 0 Å². The maximum Gasteiger partial charge on any atom is 0.185 e. The SMILES string of the molecule is c1ccc(COc2ccc(-c3csc(N4CCCC4)n3)cc2)cc1. The molecule has 4 rings (SSSR count). The summed E-state index contributed by atoms with van der Waals surface area (Å²) in [4.78, 5) is 7.17. The van der Waals surface area contributed by atoms with Gasteiger partial charge in [-0.3, -0.25) is 0 Å². The Labute approximate surface area is 146 Å². The predicted octanol–water partition coefficient (Wildman–Crippen LogP) is 4.99. The Bertz CT molecular complexity index is 777. The van der Waals surface area contributed by atoms with E-state index < -0.39 is 0 Å². The molecular formula is C20H20N2OS. The van der Waals surface area contributed by atoms with Crippen molar-refractivity contribution in [1.29, 1.82) is 0 Å². The van der Waals surface area contributed by atoms with E-state index in [1.54, 1.807) is 11.3 Å². The van der Waals surface area contributed by atoms with E-state index in [1.807, 2.05) is 30.3 Å². The third-order valence-corrected chi connectivity index (χ3v) is 5.17. The summed E-state index contributed by atoms with van der Waals surface area (Å²) in [6, 6.07) is 18.4. The third-order valence-electron chi connectivity index (χ3n) is 4.27. The molecular weight excluding hydrogens is 316 g/mol. The second kappa shape index (κ2) is 7.05. The van der Waals surface area contributed by atoms with Gasteiger partial charge >= 0.3 is 0 Å². The number of nitrogens with zero attached hydrogens (tertiary/aromatic N) is 2. The minimum absolute atomic E-state index is 0.593. The van der Waals surface area contributed by atoms with Crippen LogP contribution in [0.25, 0.3) is 11.3 Å². The van der Waals surface area contributed by atoms with Crippen LogP contribution in [0.4, 0.5) is 5.13 Å². The lowest BCUT2D eigenvalue weighted by atomic mass is 10.2. The Hall–Kier alpha value is -2.33. The molecule has 2 heterocycles. The van der Waals surface area contributed by atoms with Crippen molar-refractivity contribution in [2.45, 2.75) is 19.4 Å². The van der Waals surface area contributed by atoms with E-state index in [0.29, 0.717) is 6.61 Å². The number of hydrogen-bond acceptors (Lipinski definition) is 4. The van der Waals surface area contributed by atoms with Crippen LogP contribution in [-0.2, 0) is 6.61 Å². The minimum atomic E-state index is 0.593. The summed E-state index contributed by atoms with van der Waals surface area (Å²) in [6.45, 7) is 2.87. The van der Waals surface area contributed by atoms with Gasteiger partial charge in [0.25, 0.3) is 0 Å². The number of thiazole rings is 1. The summed E-state index contributed by atoms with van der Waals surface area (Å²) in [6.07, 6.45) is 2.56. The van der Waals surface area contributed by atoms with Gasteiger partial charge in [-0.05, 0) is 42.7 Å². The molecule has 24 heavy (non-hydrogen) atoms. The van der Waals surface area contributed by atoms with Gasteiger partial charge < -0.3 is 9.64 Å². The van der Waals surface area contributed by atoms with Crippen molar-refractivity contribution in [3.63, 3.8) is 0 Å². The molecule has 1 aliphatic rings. The summed E-state index contributed by atoms with van der Waals surface area (Å²) in [5, 5.41) is 3.29. The molecule has 0 aliphatic carbocycles. The van der Waals surface area contributed by atoms with Crippen molar-refractivity contribution in [3.05, 3.63) is 65.5 Å². The Morgan fingerprint density at radius 1 is 0.958 bits per heavy atom. The molecule has 1 saturated heterocycles. The van der Waals surface area contributed by atoms with Crippen LogP contribution in [0.1, 0.15) is 18.4 Å². The zero-order chi connectivity index (χ0) is 16.2. The molecule has 0 spiro atoms. The first-order valence-electron chi connectivity index (χ1n) is 8.36. The van der Waals surface area contributed by atoms with E-state index in [1.165, 1.54) is 18.4 Å². The fourth-order valence-electron chi connectivity index (χ4n) is 2.91. The van der Waals surface area contributed by atoms with Crippen LogP contribution >= 0.6 is 11.3 Å². The fraction of sp³-hybridized carbons (Fsp3) is 0.250. The molecule has 0 unspecified atom stereocenters. The average molecular weight is 336 g/mol. The first-order valence-corrected chi connectivity index (χ1v) is 9.24. The summed E-state index contributed by atoms with van der Waals surface area (Å²) in [5.74, 6) is 0.887. The molecule has 0 atom stereocenters. The van der Waals surface area contributed by atoms with Gasteiger partial charge in [0, 0.05) is 24.0 Å². The topological polar surface area (TPSA) is 25.4 Å². The fourth-order valence-corrected chi connectivity index (χ4v) is 3.80. The number of hydrogen-bond donors (Lipinski definition) is 0. The van der Waals surface area contributed by atoms with Gasteiger partial charge in [0.15, 0.2) is 5.13 Å². The van der Waals surface area contributed by atoms with Crippen molar-refractivity contribution in [1.82, 2.24) is 4.98 Å². The highest BCUT2D eigenvalue weighted by Gasteiger charge is 2.16. The van der Waals surface area contributed by atoms with Gasteiger partial charge in [-0.1, -0.05) is 30.3 Å². The van der Waals surface area contributed by atoms with Gasteiger partial charge in [-0.15, -0.1) is 11.3 Å². The largest absolute Gasteiger partial charge is 0.489 e. The van der Waals surface area contributed by atoms with Gasteiger partial charge in [-0.25, -0.2) is 4.98 Å². The smallest absolute Gasteiger partial charge is 0.185 e. The van der Waals surface area contributed by atoms with Crippen LogP contribution in [0.3, 0.4) is 0 Å². The van der Waals surface area contributed by atoms with E-state index in [9.17, 15) is 0 Å². The second-order valence-corrected chi connectivity index (χ2v) is 6.84. The molecule has 0 saturated carbocycles. The molecule has 3 nitrogen and oxygen atoms in total. The van der Waals surface area contributed by atoms with Crippen LogP contribution in [0.5, 0.6) is 5.75 Å². The van der Waals surface area contributed by atoms with E-state index in [2.05, 4.69) is 34.5 Å². The predicted molar refractivity (Wildman–Crippen MR) is 99.8 cm³/mol. The number of rotatable bonds is 5. The van der Waals surface area contributed by atoms with Crippen molar-refractivity contribution in [2.75, 3.05) is 18.0 Å². The van der Waals surface area contributed by atoms with E-state index >= 15 is 0 Å². The molecule has 2 aromatic carbocycles. The normalized spacial score (nSPS) is 14.1. The molecule has 1 fully saturated rings. The molecule has 3 aromatic rings. The van der Waals surface area contributed by atoms with E-state index in [-0.39, 0.29) is 0 Å². The Morgan fingerprint density at radius 2 is 1.71 bits per heavy atom. The second-order valence-electron chi connectivity index (χ2n) is 6.01. The lowest BCUT2D eigenvalue weighted by molar-refractivity contribution is 0.306. The molecule has 4 heteroatoms. The quantitative estimate of drug-likeness (QED) is 0.656. The van der Waals surface area contributed by atoms with Crippen LogP contribution in [0.15, 0.2) is 60.0 Å². The van der Waals surface area contributed by atoms with E-state index in [4.69, 9.17) is 9.72 Å². The Kier molecular flexibility index (Phi) is 4.47. The molecule has 0 N–H and O–H groups in total. The highest BCUT2D eigenvalue weighted by molar-refractivity contribution is 7.14. The maximum atomic E-state index is 5.84. The molecule has 0 amide bonds. The Morgan fingerprint density at radius 3 is 2.46 bits per heavy atom. The Balaban J connectivity index is 1.42. The van der Waals surface area contributed by atoms with Crippen LogP contribution in [-0.4, -0.2) is 18.1 Å². The van der Waals surface area contributed by atoms with Crippen LogP contribution < -0.4 is 9.64 Å². The lowest BCUT2D eigenvalue weighted by Gasteiger charge is -2.12. The lowest BCUT2D eigenvalue weighted by Crippen LogP contribution is -2.17. The highest BCUT2D eigenvalue weighted by atomic mass is 32.1. The van der Waals surface area contributed by atoms with Crippen molar-refractivity contribution >= 4 is 16.5 Å².